The Hall–Kier alpha value is -1.92. The van der Waals surface area contributed by atoms with Crippen molar-refractivity contribution < 1.29 is 5.11 Å². The molecular formula is C15H21N5O. The first-order chi connectivity index (χ1) is 10.2. The van der Waals surface area contributed by atoms with Crippen LogP contribution >= 0.6 is 0 Å². The Morgan fingerprint density at radius 3 is 2.76 bits per heavy atom. The van der Waals surface area contributed by atoms with Gasteiger partial charge in [0.15, 0.2) is 0 Å². The van der Waals surface area contributed by atoms with Crippen LogP contribution in [0.15, 0.2) is 24.8 Å². The summed E-state index contributed by atoms with van der Waals surface area (Å²) in [4.78, 5) is 16.2. The minimum absolute atomic E-state index is 0.248. The van der Waals surface area contributed by atoms with Crippen LogP contribution in [0.3, 0.4) is 0 Å². The van der Waals surface area contributed by atoms with Gasteiger partial charge in [-0.15, -0.1) is 0 Å². The summed E-state index contributed by atoms with van der Waals surface area (Å²) in [5.41, 5.74) is 2.00. The molecule has 112 valence electrons. The summed E-state index contributed by atoms with van der Waals surface area (Å²) in [6, 6.07) is 0. The molecule has 21 heavy (non-hydrogen) atoms. The number of hydrogen-bond acceptors (Lipinski definition) is 5. The third-order valence-electron chi connectivity index (χ3n) is 4.01. The van der Waals surface area contributed by atoms with E-state index in [1.807, 2.05) is 6.20 Å². The Labute approximate surface area is 124 Å². The number of rotatable bonds is 4. The van der Waals surface area contributed by atoms with Crippen molar-refractivity contribution >= 4 is 0 Å². The van der Waals surface area contributed by atoms with Gasteiger partial charge < -0.3 is 15.0 Å². The van der Waals surface area contributed by atoms with E-state index in [9.17, 15) is 5.11 Å². The SMILES string of the molecule is CN1CCN(Cc2cncc(O)c2Cc2ncc[nH]2)CC1. The largest absolute Gasteiger partial charge is 0.506 e. The summed E-state index contributed by atoms with van der Waals surface area (Å²) in [7, 11) is 2.15. The van der Waals surface area contributed by atoms with Gasteiger partial charge in [-0.05, 0) is 12.6 Å². The number of aromatic amines is 1. The Morgan fingerprint density at radius 2 is 2.05 bits per heavy atom. The number of piperazine rings is 1. The van der Waals surface area contributed by atoms with Gasteiger partial charge in [-0.25, -0.2) is 4.98 Å². The summed E-state index contributed by atoms with van der Waals surface area (Å²) in [5, 5.41) is 10.1. The normalized spacial score (nSPS) is 17.2. The molecule has 0 spiro atoms. The van der Waals surface area contributed by atoms with Crippen LogP contribution in [0.25, 0.3) is 0 Å². The van der Waals surface area contributed by atoms with E-state index in [2.05, 4.69) is 31.8 Å². The van der Waals surface area contributed by atoms with Gasteiger partial charge in [0.2, 0.25) is 0 Å². The molecule has 1 aliphatic rings. The third-order valence-corrected chi connectivity index (χ3v) is 4.01. The fourth-order valence-corrected chi connectivity index (χ4v) is 2.67. The van der Waals surface area contributed by atoms with Crippen LogP contribution in [-0.4, -0.2) is 63.1 Å². The minimum atomic E-state index is 0.248. The number of pyridine rings is 1. The maximum absolute atomic E-state index is 10.1. The fourth-order valence-electron chi connectivity index (χ4n) is 2.67. The highest BCUT2D eigenvalue weighted by molar-refractivity contribution is 5.38. The van der Waals surface area contributed by atoms with Crippen molar-refractivity contribution in [2.24, 2.45) is 0 Å². The van der Waals surface area contributed by atoms with Gasteiger partial charge in [-0.3, -0.25) is 9.88 Å². The highest BCUT2D eigenvalue weighted by Gasteiger charge is 2.17. The molecule has 6 nitrogen and oxygen atoms in total. The minimum Gasteiger partial charge on any atom is -0.506 e. The smallest absolute Gasteiger partial charge is 0.137 e. The molecule has 1 saturated heterocycles. The molecular weight excluding hydrogens is 266 g/mol. The zero-order valence-electron chi connectivity index (χ0n) is 12.3. The van der Waals surface area contributed by atoms with Crippen molar-refractivity contribution in [1.29, 1.82) is 0 Å². The van der Waals surface area contributed by atoms with E-state index in [4.69, 9.17) is 0 Å². The van der Waals surface area contributed by atoms with Gasteiger partial charge in [0.25, 0.3) is 0 Å². The number of hydrogen-bond donors (Lipinski definition) is 2. The second-order valence-electron chi connectivity index (χ2n) is 5.59. The zero-order chi connectivity index (χ0) is 14.7. The lowest BCUT2D eigenvalue weighted by molar-refractivity contribution is 0.147. The van der Waals surface area contributed by atoms with Crippen LogP contribution in [0.4, 0.5) is 0 Å². The van der Waals surface area contributed by atoms with E-state index in [0.717, 1.165) is 49.7 Å². The molecule has 2 aromatic heterocycles. The molecule has 6 heteroatoms. The number of nitrogens with zero attached hydrogens (tertiary/aromatic N) is 4. The van der Waals surface area contributed by atoms with E-state index in [0.29, 0.717) is 6.42 Å². The van der Waals surface area contributed by atoms with Crippen LogP contribution in [0.5, 0.6) is 5.75 Å². The number of nitrogens with one attached hydrogen (secondary N) is 1. The molecule has 3 heterocycles. The molecule has 0 amide bonds. The molecule has 0 radical (unpaired) electrons. The van der Waals surface area contributed by atoms with Gasteiger partial charge >= 0.3 is 0 Å². The van der Waals surface area contributed by atoms with Crippen molar-refractivity contribution in [2.75, 3.05) is 33.2 Å². The number of H-pyrrole nitrogens is 1. The van der Waals surface area contributed by atoms with Gasteiger partial charge in [0.05, 0.1) is 6.20 Å². The molecule has 0 bridgehead atoms. The Morgan fingerprint density at radius 1 is 1.24 bits per heavy atom. The first-order valence-electron chi connectivity index (χ1n) is 7.26. The zero-order valence-corrected chi connectivity index (χ0v) is 12.3. The molecule has 0 unspecified atom stereocenters. The van der Waals surface area contributed by atoms with Gasteiger partial charge in [0, 0.05) is 63.3 Å². The number of aromatic hydroxyl groups is 1. The van der Waals surface area contributed by atoms with Crippen LogP contribution in [0.2, 0.25) is 0 Å². The molecule has 1 fully saturated rings. The van der Waals surface area contributed by atoms with E-state index in [1.54, 1.807) is 12.4 Å². The van der Waals surface area contributed by atoms with Gasteiger partial charge in [0.1, 0.15) is 11.6 Å². The van der Waals surface area contributed by atoms with Gasteiger partial charge in [-0.2, -0.15) is 0 Å². The molecule has 0 aromatic carbocycles. The fraction of sp³-hybridized carbons (Fsp3) is 0.467. The summed E-state index contributed by atoms with van der Waals surface area (Å²) in [6.07, 6.45) is 7.49. The summed E-state index contributed by atoms with van der Waals surface area (Å²) >= 11 is 0. The second kappa shape index (κ2) is 6.24. The van der Waals surface area contributed by atoms with Crippen LogP contribution in [-0.2, 0) is 13.0 Å². The molecule has 1 aliphatic heterocycles. The van der Waals surface area contributed by atoms with Crippen molar-refractivity contribution in [3.05, 3.63) is 41.7 Å². The van der Waals surface area contributed by atoms with E-state index < -0.39 is 0 Å². The van der Waals surface area contributed by atoms with E-state index >= 15 is 0 Å². The average Bonchev–Trinajstić information content (AvgIpc) is 2.98. The van der Waals surface area contributed by atoms with Crippen molar-refractivity contribution in [3.63, 3.8) is 0 Å². The topological polar surface area (TPSA) is 68.3 Å². The first-order valence-corrected chi connectivity index (χ1v) is 7.26. The number of imidazole rings is 1. The summed E-state index contributed by atoms with van der Waals surface area (Å²) in [5.74, 6) is 1.11. The highest BCUT2D eigenvalue weighted by atomic mass is 16.3. The third kappa shape index (κ3) is 3.40. The molecule has 2 aromatic rings. The maximum Gasteiger partial charge on any atom is 0.137 e. The monoisotopic (exact) mass is 287 g/mol. The van der Waals surface area contributed by atoms with Gasteiger partial charge in [-0.1, -0.05) is 0 Å². The standard InChI is InChI=1S/C15H21N5O/c1-19-4-6-20(7-5-19)11-12-9-16-10-14(21)13(12)8-15-17-2-3-18-15/h2-3,9-10,21H,4-8,11H2,1H3,(H,17,18). The summed E-state index contributed by atoms with van der Waals surface area (Å²) < 4.78 is 0. The molecule has 0 atom stereocenters. The Balaban J connectivity index is 1.76. The lowest BCUT2D eigenvalue weighted by Crippen LogP contribution is -2.44. The molecule has 0 saturated carbocycles. The second-order valence-corrected chi connectivity index (χ2v) is 5.59. The van der Waals surface area contributed by atoms with Crippen molar-refractivity contribution in [1.82, 2.24) is 24.8 Å². The van der Waals surface area contributed by atoms with Crippen molar-refractivity contribution in [3.8, 4) is 5.75 Å². The van der Waals surface area contributed by atoms with Crippen molar-refractivity contribution in [2.45, 2.75) is 13.0 Å². The van der Waals surface area contributed by atoms with Crippen LogP contribution in [0.1, 0.15) is 17.0 Å². The summed E-state index contributed by atoms with van der Waals surface area (Å²) in [6.45, 7) is 5.09. The molecule has 2 N–H and O–H groups in total. The number of aromatic nitrogens is 3. The van der Waals surface area contributed by atoms with Crippen LogP contribution in [0, 0.1) is 0 Å². The first kappa shape index (κ1) is 14.0. The Kier molecular flexibility index (Phi) is 4.17. The number of likely N-dealkylation sites (N-methyl/N-ethyl adjacent to an activating group) is 1. The molecule has 0 aliphatic carbocycles. The maximum atomic E-state index is 10.1. The molecule has 3 rings (SSSR count). The van der Waals surface area contributed by atoms with E-state index in [1.165, 1.54) is 6.20 Å². The Bertz CT molecular complexity index is 576. The lowest BCUT2D eigenvalue weighted by Gasteiger charge is -2.32. The van der Waals surface area contributed by atoms with E-state index in [-0.39, 0.29) is 5.75 Å². The predicted octanol–water partition coefficient (Wildman–Crippen LogP) is 0.848. The highest BCUT2D eigenvalue weighted by Crippen LogP contribution is 2.23. The quantitative estimate of drug-likeness (QED) is 0.872. The average molecular weight is 287 g/mol. The lowest BCUT2D eigenvalue weighted by atomic mass is 10.0. The predicted molar refractivity (Wildman–Crippen MR) is 80.1 cm³/mol. The van der Waals surface area contributed by atoms with Crippen LogP contribution < -0.4 is 0 Å².